The number of hydrogen-bond acceptors (Lipinski definition) is 3. The lowest BCUT2D eigenvalue weighted by atomic mass is 10.2. The fourth-order valence-corrected chi connectivity index (χ4v) is 1.81. The van der Waals surface area contributed by atoms with E-state index >= 15 is 0 Å². The van der Waals surface area contributed by atoms with E-state index in [9.17, 15) is 4.79 Å². The normalized spacial score (nSPS) is 11.0. The monoisotopic (exact) mass is 273 g/mol. The van der Waals surface area contributed by atoms with Crippen LogP contribution in [0.1, 0.15) is 37.3 Å². The minimum atomic E-state index is 0.0647. The minimum absolute atomic E-state index is 0.0647. The van der Waals surface area contributed by atoms with Gasteiger partial charge in [-0.2, -0.15) is 5.10 Å². The standard InChI is InChI=1S/C10H16BrN3O/c1-4-12-6-9(15)10-8(11)5-13-14(10)7(2)3/h5,7,12H,4,6H2,1-3H3. The maximum absolute atomic E-state index is 11.9. The molecule has 0 aliphatic heterocycles. The molecule has 0 bridgehead atoms. The number of carbonyl (C=O) groups excluding carboxylic acids is 1. The van der Waals surface area contributed by atoms with E-state index < -0.39 is 0 Å². The maximum Gasteiger partial charge on any atom is 0.195 e. The summed E-state index contributed by atoms with van der Waals surface area (Å²) >= 11 is 3.35. The van der Waals surface area contributed by atoms with Gasteiger partial charge in [0.05, 0.1) is 17.2 Å². The SMILES string of the molecule is CCNCC(=O)c1c(Br)cnn1C(C)C. The molecule has 0 fully saturated rings. The van der Waals surface area contributed by atoms with Gasteiger partial charge in [0.2, 0.25) is 0 Å². The highest BCUT2D eigenvalue weighted by Gasteiger charge is 2.17. The summed E-state index contributed by atoms with van der Waals surface area (Å²) in [5.74, 6) is 0.0647. The molecule has 1 aromatic rings. The van der Waals surface area contributed by atoms with Crippen molar-refractivity contribution in [3.8, 4) is 0 Å². The van der Waals surface area contributed by atoms with E-state index in [2.05, 4.69) is 26.3 Å². The van der Waals surface area contributed by atoms with Gasteiger partial charge in [0.25, 0.3) is 0 Å². The van der Waals surface area contributed by atoms with Crippen LogP contribution in [0, 0.1) is 0 Å². The van der Waals surface area contributed by atoms with Gasteiger partial charge in [-0.05, 0) is 36.3 Å². The predicted molar refractivity (Wildman–Crippen MR) is 63.2 cm³/mol. The van der Waals surface area contributed by atoms with Crippen LogP contribution in [0.2, 0.25) is 0 Å². The first kappa shape index (κ1) is 12.4. The number of carbonyl (C=O) groups is 1. The van der Waals surface area contributed by atoms with Gasteiger partial charge in [-0.25, -0.2) is 0 Å². The zero-order valence-electron chi connectivity index (χ0n) is 9.25. The molecular formula is C10H16BrN3O. The summed E-state index contributed by atoms with van der Waals surface area (Å²) in [6.07, 6.45) is 1.67. The smallest absolute Gasteiger partial charge is 0.195 e. The van der Waals surface area contributed by atoms with Crippen molar-refractivity contribution in [3.63, 3.8) is 0 Å². The number of Topliss-reactive ketones (excluding diaryl/α,β-unsaturated/α-hetero) is 1. The topological polar surface area (TPSA) is 46.9 Å². The van der Waals surface area contributed by atoms with Crippen molar-refractivity contribution in [1.29, 1.82) is 0 Å². The van der Waals surface area contributed by atoms with Crippen LogP contribution >= 0.6 is 15.9 Å². The summed E-state index contributed by atoms with van der Waals surface area (Å²) in [5.41, 5.74) is 0.644. The molecule has 0 saturated carbocycles. The van der Waals surface area contributed by atoms with Crippen molar-refractivity contribution in [1.82, 2.24) is 15.1 Å². The molecule has 84 valence electrons. The molecule has 0 aliphatic carbocycles. The van der Waals surface area contributed by atoms with Crippen LogP contribution in [-0.2, 0) is 0 Å². The Morgan fingerprint density at radius 2 is 2.33 bits per heavy atom. The predicted octanol–water partition coefficient (Wildman–Crippen LogP) is 2.02. The molecule has 5 heteroatoms. The van der Waals surface area contributed by atoms with E-state index in [4.69, 9.17) is 0 Å². The van der Waals surface area contributed by atoms with E-state index in [1.165, 1.54) is 0 Å². The van der Waals surface area contributed by atoms with E-state index in [0.29, 0.717) is 12.2 Å². The molecule has 0 radical (unpaired) electrons. The number of likely N-dealkylation sites (N-methyl/N-ethyl adjacent to an activating group) is 1. The van der Waals surface area contributed by atoms with Crippen LogP contribution in [0.25, 0.3) is 0 Å². The van der Waals surface area contributed by atoms with Gasteiger partial charge in [0, 0.05) is 6.04 Å². The zero-order chi connectivity index (χ0) is 11.4. The summed E-state index contributed by atoms with van der Waals surface area (Å²) in [5, 5.41) is 7.18. The van der Waals surface area contributed by atoms with Crippen molar-refractivity contribution in [2.24, 2.45) is 0 Å². The van der Waals surface area contributed by atoms with Crippen molar-refractivity contribution >= 4 is 21.7 Å². The fourth-order valence-electron chi connectivity index (χ4n) is 1.32. The lowest BCUT2D eigenvalue weighted by molar-refractivity contribution is 0.0979. The molecule has 1 N–H and O–H groups in total. The first-order valence-corrected chi connectivity index (χ1v) is 5.84. The van der Waals surface area contributed by atoms with Crippen LogP contribution in [0.3, 0.4) is 0 Å². The van der Waals surface area contributed by atoms with E-state index in [1.807, 2.05) is 20.8 Å². The number of rotatable bonds is 5. The molecule has 0 saturated heterocycles. The van der Waals surface area contributed by atoms with Gasteiger partial charge in [0.1, 0.15) is 5.69 Å². The Balaban J connectivity index is 2.91. The molecule has 0 spiro atoms. The molecule has 4 nitrogen and oxygen atoms in total. The average Bonchev–Trinajstić information content (AvgIpc) is 2.56. The van der Waals surface area contributed by atoms with Gasteiger partial charge in [-0.1, -0.05) is 6.92 Å². The summed E-state index contributed by atoms with van der Waals surface area (Å²) < 4.78 is 2.50. The lowest BCUT2D eigenvalue weighted by Gasteiger charge is -2.10. The Bertz CT molecular complexity index is 346. The van der Waals surface area contributed by atoms with Crippen molar-refractivity contribution < 1.29 is 4.79 Å². The molecule has 0 aliphatic rings. The zero-order valence-corrected chi connectivity index (χ0v) is 10.8. The van der Waals surface area contributed by atoms with Crippen molar-refractivity contribution in [2.75, 3.05) is 13.1 Å². The first-order chi connectivity index (χ1) is 7.07. The van der Waals surface area contributed by atoms with Crippen LogP contribution < -0.4 is 5.32 Å². The number of hydrogen-bond donors (Lipinski definition) is 1. The molecular weight excluding hydrogens is 258 g/mol. The molecule has 1 rings (SSSR count). The quantitative estimate of drug-likeness (QED) is 0.835. The Kier molecular flexibility index (Phi) is 4.47. The molecule has 0 amide bonds. The second kappa shape index (κ2) is 5.42. The van der Waals surface area contributed by atoms with Crippen LogP contribution in [-0.4, -0.2) is 28.7 Å². The summed E-state index contributed by atoms with van der Waals surface area (Å²) in [6.45, 7) is 7.13. The summed E-state index contributed by atoms with van der Waals surface area (Å²) in [4.78, 5) is 11.9. The van der Waals surface area contributed by atoms with Gasteiger partial charge in [-0.3, -0.25) is 9.48 Å². The molecule has 15 heavy (non-hydrogen) atoms. The Morgan fingerprint density at radius 1 is 1.67 bits per heavy atom. The molecule has 0 atom stereocenters. The van der Waals surface area contributed by atoms with Gasteiger partial charge in [-0.15, -0.1) is 0 Å². The summed E-state index contributed by atoms with van der Waals surface area (Å²) in [7, 11) is 0. The number of ketones is 1. The van der Waals surface area contributed by atoms with E-state index in [0.717, 1.165) is 11.0 Å². The highest BCUT2D eigenvalue weighted by Crippen LogP contribution is 2.19. The maximum atomic E-state index is 11.9. The molecule has 1 heterocycles. The Hall–Kier alpha value is -0.680. The summed E-state index contributed by atoms with van der Waals surface area (Å²) in [6, 6.07) is 0.192. The van der Waals surface area contributed by atoms with Crippen LogP contribution in [0.5, 0.6) is 0 Å². The third-order valence-corrected chi connectivity index (χ3v) is 2.62. The van der Waals surface area contributed by atoms with Gasteiger partial charge >= 0.3 is 0 Å². The fraction of sp³-hybridized carbons (Fsp3) is 0.600. The third-order valence-electron chi connectivity index (χ3n) is 2.04. The minimum Gasteiger partial charge on any atom is -0.310 e. The molecule has 1 aromatic heterocycles. The molecule has 0 aromatic carbocycles. The largest absolute Gasteiger partial charge is 0.310 e. The van der Waals surface area contributed by atoms with E-state index in [1.54, 1.807) is 10.9 Å². The van der Waals surface area contributed by atoms with Gasteiger partial charge < -0.3 is 5.32 Å². The van der Waals surface area contributed by atoms with Crippen molar-refractivity contribution in [2.45, 2.75) is 26.8 Å². The number of aromatic nitrogens is 2. The second-order valence-corrected chi connectivity index (χ2v) is 4.44. The van der Waals surface area contributed by atoms with E-state index in [-0.39, 0.29) is 11.8 Å². The first-order valence-electron chi connectivity index (χ1n) is 5.04. The number of nitrogens with one attached hydrogen (secondary N) is 1. The third kappa shape index (κ3) is 2.89. The highest BCUT2D eigenvalue weighted by molar-refractivity contribution is 9.10. The van der Waals surface area contributed by atoms with Crippen LogP contribution in [0.4, 0.5) is 0 Å². The van der Waals surface area contributed by atoms with Crippen LogP contribution in [0.15, 0.2) is 10.7 Å². The van der Waals surface area contributed by atoms with Crippen molar-refractivity contribution in [3.05, 3.63) is 16.4 Å². The number of halogens is 1. The Morgan fingerprint density at radius 3 is 2.87 bits per heavy atom. The number of nitrogens with zero attached hydrogens (tertiary/aromatic N) is 2. The average molecular weight is 274 g/mol. The molecule has 0 unspecified atom stereocenters. The Labute approximate surface area is 98.2 Å². The lowest BCUT2D eigenvalue weighted by Crippen LogP contribution is -2.25. The second-order valence-electron chi connectivity index (χ2n) is 3.58. The van der Waals surface area contributed by atoms with Gasteiger partial charge in [0.15, 0.2) is 5.78 Å². The highest BCUT2D eigenvalue weighted by atomic mass is 79.9.